The third kappa shape index (κ3) is 4.14. The molecular weight excluding hydrogens is 436 g/mol. The highest BCUT2D eigenvalue weighted by molar-refractivity contribution is 6.33. The summed E-state index contributed by atoms with van der Waals surface area (Å²) in [5, 5.41) is 10.8. The predicted octanol–water partition coefficient (Wildman–Crippen LogP) is 4.31. The zero-order chi connectivity index (χ0) is 23.2. The largest absolute Gasteiger partial charge is 0.382 e. The maximum atomic E-state index is 10.1. The van der Waals surface area contributed by atoms with Crippen LogP contribution < -0.4 is 9.80 Å². The molecule has 8 heteroatoms. The first kappa shape index (κ1) is 21.7. The number of piperazine rings is 1. The molecule has 1 saturated heterocycles. The van der Waals surface area contributed by atoms with E-state index >= 15 is 0 Å². The van der Waals surface area contributed by atoms with Crippen molar-refractivity contribution >= 4 is 28.6 Å². The van der Waals surface area contributed by atoms with Gasteiger partial charge in [0.05, 0.1) is 28.8 Å². The second-order valence-corrected chi connectivity index (χ2v) is 9.34. The average molecular weight is 463 g/mol. The SMILES string of the molecule is Cc1c(-c2cc(N3CCN(c4cnc(C(C)(C)O)nc4)CC3)ccc2Cl)nc2ccccn12. The lowest BCUT2D eigenvalue weighted by Crippen LogP contribution is -2.46. The number of rotatable bonds is 4. The highest BCUT2D eigenvalue weighted by atomic mass is 35.5. The molecule has 7 nitrogen and oxygen atoms in total. The molecule has 1 fully saturated rings. The van der Waals surface area contributed by atoms with Gasteiger partial charge in [0.15, 0.2) is 5.82 Å². The van der Waals surface area contributed by atoms with E-state index in [4.69, 9.17) is 16.6 Å². The quantitative estimate of drug-likeness (QED) is 0.487. The van der Waals surface area contributed by atoms with Gasteiger partial charge in [-0.1, -0.05) is 17.7 Å². The molecule has 0 spiro atoms. The zero-order valence-electron chi connectivity index (χ0n) is 19.0. The minimum atomic E-state index is -1.04. The van der Waals surface area contributed by atoms with Crippen LogP contribution in [0.3, 0.4) is 0 Å². The summed E-state index contributed by atoms with van der Waals surface area (Å²) in [7, 11) is 0. The highest BCUT2D eigenvalue weighted by Gasteiger charge is 2.23. The van der Waals surface area contributed by atoms with Crippen molar-refractivity contribution in [2.75, 3.05) is 36.0 Å². The van der Waals surface area contributed by atoms with E-state index in [1.165, 1.54) is 0 Å². The number of hydrogen-bond donors (Lipinski definition) is 1. The van der Waals surface area contributed by atoms with E-state index in [0.29, 0.717) is 10.8 Å². The number of imidazole rings is 1. The van der Waals surface area contributed by atoms with Crippen LogP contribution in [0, 0.1) is 6.92 Å². The topological polar surface area (TPSA) is 69.8 Å². The molecule has 0 bridgehead atoms. The minimum Gasteiger partial charge on any atom is -0.382 e. The van der Waals surface area contributed by atoms with Crippen molar-refractivity contribution in [2.24, 2.45) is 0 Å². The Bertz CT molecular complexity index is 1290. The maximum absolute atomic E-state index is 10.1. The molecule has 4 heterocycles. The van der Waals surface area contributed by atoms with Crippen LogP contribution >= 0.6 is 11.6 Å². The smallest absolute Gasteiger partial charge is 0.159 e. The summed E-state index contributed by atoms with van der Waals surface area (Å²) in [6.07, 6.45) is 5.61. The normalized spacial score (nSPS) is 14.8. The number of aliphatic hydroxyl groups is 1. The second kappa shape index (κ2) is 8.32. The number of fused-ring (bicyclic) bond motifs is 1. The molecule has 4 aromatic rings. The van der Waals surface area contributed by atoms with Gasteiger partial charge in [0.2, 0.25) is 0 Å². The van der Waals surface area contributed by atoms with Crippen molar-refractivity contribution in [1.82, 2.24) is 19.4 Å². The molecule has 3 aromatic heterocycles. The molecule has 5 rings (SSSR count). The molecule has 0 amide bonds. The monoisotopic (exact) mass is 462 g/mol. The number of aryl methyl sites for hydroxylation is 1. The van der Waals surface area contributed by atoms with Crippen molar-refractivity contribution in [1.29, 1.82) is 0 Å². The Morgan fingerprint density at radius 3 is 2.24 bits per heavy atom. The van der Waals surface area contributed by atoms with Crippen LogP contribution in [0.2, 0.25) is 5.02 Å². The lowest BCUT2D eigenvalue weighted by molar-refractivity contribution is 0.0687. The van der Waals surface area contributed by atoms with Gasteiger partial charge in [0, 0.05) is 49.3 Å². The summed E-state index contributed by atoms with van der Waals surface area (Å²) >= 11 is 6.61. The molecule has 0 saturated carbocycles. The first-order valence-electron chi connectivity index (χ1n) is 11.1. The number of hydrogen-bond acceptors (Lipinski definition) is 6. The van der Waals surface area contributed by atoms with E-state index in [9.17, 15) is 5.11 Å². The fourth-order valence-electron chi connectivity index (χ4n) is 4.29. The lowest BCUT2D eigenvalue weighted by atomic mass is 10.1. The summed E-state index contributed by atoms with van der Waals surface area (Å²) < 4.78 is 2.09. The molecule has 0 atom stereocenters. The van der Waals surface area contributed by atoms with Gasteiger partial charge in [-0.2, -0.15) is 0 Å². The molecule has 1 N–H and O–H groups in total. The molecule has 33 heavy (non-hydrogen) atoms. The molecule has 0 aliphatic carbocycles. The van der Waals surface area contributed by atoms with E-state index in [0.717, 1.165) is 60.2 Å². The van der Waals surface area contributed by atoms with E-state index in [-0.39, 0.29) is 0 Å². The Labute approximate surface area is 198 Å². The Balaban J connectivity index is 1.35. The number of pyridine rings is 1. The number of aromatic nitrogens is 4. The van der Waals surface area contributed by atoms with Gasteiger partial charge in [-0.05, 0) is 51.1 Å². The average Bonchev–Trinajstić information content (AvgIpc) is 3.15. The van der Waals surface area contributed by atoms with E-state index in [1.807, 2.05) is 30.5 Å². The van der Waals surface area contributed by atoms with Crippen LogP contribution in [-0.4, -0.2) is 50.6 Å². The van der Waals surface area contributed by atoms with Crippen LogP contribution in [0.1, 0.15) is 25.4 Å². The molecule has 1 aliphatic rings. The number of anilines is 2. The van der Waals surface area contributed by atoms with Crippen LogP contribution in [0.4, 0.5) is 11.4 Å². The first-order valence-corrected chi connectivity index (χ1v) is 11.5. The van der Waals surface area contributed by atoms with Gasteiger partial charge in [-0.15, -0.1) is 0 Å². The van der Waals surface area contributed by atoms with Gasteiger partial charge in [-0.3, -0.25) is 0 Å². The van der Waals surface area contributed by atoms with Crippen LogP contribution in [0.15, 0.2) is 55.0 Å². The van der Waals surface area contributed by atoms with Crippen molar-refractivity contribution < 1.29 is 5.11 Å². The number of benzene rings is 1. The Morgan fingerprint density at radius 2 is 1.61 bits per heavy atom. The van der Waals surface area contributed by atoms with E-state index < -0.39 is 5.60 Å². The van der Waals surface area contributed by atoms with Gasteiger partial charge in [-0.25, -0.2) is 15.0 Å². The Hall–Kier alpha value is -3.16. The van der Waals surface area contributed by atoms with Crippen molar-refractivity contribution in [3.05, 3.63) is 71.5 Å². The fourth-order valence-corrected chi connectivity index (χ4v) is 4.50. The lowest BCUT2D eigenvalue weighted by Gasteiger charge is -2.37. The zero-order valence-corrected chi connectivity index (χ0v) is 19.8. The summed E-state index contributed by atoms with van der Waals surface area (Å²) in [6, 6.07) is 12.2. The minimum absolute atomic E-state index is 0.431. The Morgan fingerprint density at radius 1 is 0.939 bits per heavy atom. The Kier molecular flexibility index (Phi) is 5.46. The summed E-state index contributed by atoms with van der Waals surface area (Å²) in [5.74, 6) is 0.431. The van der Waals surface area contributed by atoms with Crippen molar-refractivity contribution in [3.63, 3.8) is 0 Å². The third-order valence-electron chi connectivity index (χ3n) is 6.17. The standard InChI is InChI=1S/C25H27ClN6O/c1-17-23(29-22-6-4-5-9-32(17)22)20-14-18(7-8-21(20)26)30-10-12-31(13-11-30)19-15-27-24(28-16-19)25(2,3)33/h4-9,14-16,33H,10-13H2,1-3H3. The third-order valence-corrected chi connectivity index (χ3v) is 6.50. The molecular formula is C25H27ClN6O. The summed E-state index contributed by atoms with van der Waals surface area (Å²) in [5.41, 5.74) is 4.92. The van der Waals surface area contributed by atoms with Crippen LogP contribution in [-0.2, 0) is 5.60 Å². The predicted molar refractivity (Wildman–Crippen MR) is 132 cm³/mol. The van der Waals surface area contributed by atoms with Crippen LogP contribution in [0.25, 0.3) is 16.9 Å². The van der Waals surface area contributed by atoms with Gasteiger partial charge in [0.1, 0.15) is 11.2 Å². The van der Waals surface area contributed by atoms with Gasteiger partial charge >= 0.3 is 0 Å². The molecule has 170 valence electrons. The maximum Gasteiger partial charge on any atom is 0.159 e. The number of halogens is 1. The van der Waals surface area contributed by atoms with Gasteiger partial charge in [0.25, 0.3) is 0 Å². The highest BCUT2D eigenvalue weighted by Crippen LogP contribution is 2.34. The summed E-state index contributed by atoms with van der Waals surface area (Å²) in [4.78, 5) is 18.2. The fraction of sp³-hybridized carbons (Fsp3) is 0.320. The summed E-state index contributed by atoms with van der Waals surface area (Å²) in [6.45, 7) is 8.91. The van der Waals surface area contributed by atoms with E-state index in [2.05, 4.69) is 43.2 Å². The van der Waals surface area contributed by atoms with Crippen molar-refractivity contribution in [2.45, 2.75) is 26.4 Å². The van der Waals surface area contributed by atoms with Crippen LogP contribution in [0.5, 0.6) is 0 Å². The first-order chi connectivity index (χ1) is 15.8. The second-order valence-electron chi connectivity index (χ2n) is 8.94. The van der Waals surface area contributed by atoms with E-state index in [1.54, 1.807) is 26.2 Å². The number of nitrogens with zero attached hydrogens (tertiary/aromatic N) is 6. The van der Waals surface area contributed by atoms with Gasteiger partial charge < -0.3 is 19.3 Å². The van der Waals surface area contributed by atoms with Crippen molar-refractivity contribution in [3.8, 4) is 11.3 Å². The molecule has 0 unspecified atom stereocenters. The molecule has 1 aromatic carbocycles. The molecule has 1 aliphatic heterocycles. The molecule has 0 radical (unpaired) electrons.